The van der Waals surface area contributed by atoms with Crippen LogP contribution in [0, 0.1) is 0 Å². The summed E-state index contributed by atoms with van der Waals surface area (Å²) in [6, 6.07) is -0.625. The number of carbonyl (C=O) groups is 2. The van der Waals surface area contributed by atoms with E-state index in [4.69, 9.17) is 4.74 Å². The molecule has 0 heterocycles. The fraction of sp³-hybridized carbons (Fsp3) is 0.881. The molecular weight excluding hydrogens is 899 g/mol. The molecule has 0 rings (SSSR count). The second-order valence-electron chi connectivity index (χ2n) is 22.4. The fourth-order valence-corrected chi connectivity index (χ4v) is 10.1. The topological polar surface area (TPSA) is 95.9 Å². The Morgan fingerprint density at radius 1 is 0.370 bits per heavy atom. The average Bonchev–Trinajstić information content (AvgIpc) is 3.39. The lowest BCUT2D eigenvalue weighted by Gasteiger charge is -2.20. The third kappa shape index (κ3) is 59.2. The molecule has 0 aromatic heterocycles. The molecule has 73 heavy (non-hydrogen) atoms. The number of hydrogen-bond donors (Lipinski definition) is 3. The molecule has 0 saturated heterocycles. The highest BCUT2D eigenvalue weighted by molar-refractivity contribution is 5.76. The first-order valence-corrected chi connectivity index (χ1v) is 32.8. The Bertz CT molecular complexity index is 1180. The van der Waals surface area contributed by atoms with Crippen LogP contribution in [0.25, 0.3) is 0 Å². The van der Waals surface area contributed by atoms with Crippen molar-refractivity contribution in [2.24, 2.45) is 0 Å². The van der Waals surface area contributed by atoms with Crippen molar-refractivity contribution in [3.63, 3.8) is 0 Å². The normalized spacial score (nSPS) is 12.8. The van der Waals surface area contributed by atoms with Crippen LogP contribution in [0.4, 0.5) is 0 Å². The van der Waals surface area contributed by atoms with E-state index in [0.29, 0.717) is 19.4 Å². The van der Waals surface area contributed by atoms with Gasteiger partial charge in [0, 0.05) is 12.8 Å². The Morgan fingerprint density at radius 2 is 0.644 bits per heavy atom. The summed E-state index contributed by atoms with van der Waals surface area (Å²) in [6.45, 7) is 4.89. The van der Waals surface area contributed by atoms with Gasteiger partial charge in [-0.3, -0.25) is 9.59 Å². The van der Waals surface area contributed by atoms with E-state index in [9.17, 15) is 19.8 Å². The number of aliphatic hydroxyl groups is 2. The first-order chi connectivity index (χ1) is 36.0. The van der Waals surface area contributed by atoms with Crippen molar-refractivity contribution in [1.29, 1.82) is 0 Å². The van der Waals surface area contributed by atoms with Crippen molar-refractivity contribution in [3.8, 4) is 0 Å². The Balaban J connectivity index is 3.35. The summed E-state index contributed by atoms with van der Waals surface area (Å²) in [5.41, 5.74) is 0. The average molecular weight is 1030 g/mol. The van der Waals surface area contributed by atoms with Crippen LogP contribution < -0.4 is 5.32 Å². The molecule has 0 aliphatic rings. The van der Waals surface area contributed by atoms with Crippen LogP contribution in [-0.2, 0) is 14.3 Å². The predicted molar refractivity (Wildman–Crippen MR) is 319 cm³/mol. The molecule has 0 aliphatic carbocycles. The van der Waals surface area contributed by atoms with Crippen LogP contribution in [0.1, 0.15) is 354 Å². The minimum atomic E-state index is -0.842. The summed E-state index contributed by atoms with van der Waals surface area (Å²) in [4.78, 5) is 24.5. The summed E-state index contributed by atoms with van der Waals surface area (Å²) < 4.78 is 5.50. The van der Waals surface area contributed by atoms with E-state index in [0.717, 1.165) is 44.9 Å². The molecule has 0 saturated carbocycles. The number of rotatable bonds is 61. The van der Waals surface area contributed by atoms with Crippen LogP contribution >= 0.6 is 0 Å². The number of hydrogen-bond acceptors (Lipinski definition) is 5. The van der Waals surface area contributed by atoms with Crippen LogP contribution in [0.5, 0.6) is 0 Å². The molecule has 0 spiro atoms. The maximum absolute atomic E-state index is 12.4. The van der Waals surface area contributed by atoms with Crippen molar-refractivity contribution in [3.05, 3.63) is 36.5 Å². The highest BCUT2D eigenvalue weighted by atomic mass is 16.5. The highest BCUT2D eigenvalue weighted by Gasteiger charge is 2.18. The number of unbranched alkanes of at least 4 members (excludes halogenated alkanes) is 46. The van der Waals surface area contributed by atoms with Crippen molar-refractivity contribution in [1.82, 2.24) is 5.32 Å². The predicted octanol–water partition coefficient (Wildman–Crippen LogP) is 20.8. The molecule has 2 atom stereocenters. The Labute approximate surface area is 455 Å². The van der Waals surface area contributed by atoms with Gasteiger partial charge in [0.1, 0.15) is 0 Å². The van der Waals surface area contributed by atoms with Crippen molar-refractivity contribution < 1.29 is 24.5 Å². The molecule has 0 bridgehead atoms. The lowest BCUT2D eigenvalue weighted by molar-refractivity contribution is -0.143. The van der Waals surface area contributed by atoms with Crippen LogP contribution in [-0.4, -0.2) is 47.4 Å². The number of amides is 1. The molecule has 0 fully saturated rings. The lowest BCUT2D eigenvalue weighted by atomic mass is 10.0. The van der Waals surface area contributed by atoms with Gasteiger partial charge in [0.05, 0.1) is 25.4 Å². The number of nitrogens with one attached hydrogen (secondary N) is 1. The molecule has 0 aromatic rings. The molecule has 0 radical (unpaired) electrons. The van der Waals surface area contributed by atoms with E-state index in [1.54, 1.807) is 6.08 Å². The van der Waals surface area contributed by atoms with E-state index in [-0.39, 0.29) is 18.5 Å². The third-order valence-electron chi connectivity index (χ3n) is 15.1. The number of aliphatic hydroxyl groups excluding tert-OH is 2. The SMILES string of the molecule is CCCCCCCC/C=C\CCCCCCCCCC(=O)OCCCCCCCCCCCCCC/C=C\CCCCCCCCCCCCCCCC(=O)NC(CO)C(O)/C=C/CCCCCCCCCC. The molecule has 2 unspecified atom stereocenters. The minimum Gasteiger partial charge on any atom is -0.466 e. The van der Waals surface area contributed by atoms with Gasteiger partial charge in [-0.2, -0.15) is 0 Å². The monoisotopic (exact) mass is 1030 g/mol. The lowest BCUT2D eigenvalue weighted by Crippen LogP contribution is -2.45. The number of ether oxygens (including phenoxy) is 1. The van der Waals surface area contributed by atoms with Crippen molar-refractivity contribution in [2.45, 2.75) is 366 Å². The first kappa shape index (κ1) is 71.1. The van der Waals surface area contributed by atoms with Crippen LogP contribution in [0.15, 0.2) is 36.5 Å². The molecule has 0 aliphatic heterocycles. The number of carbonyl (C=O) groups excluding carboxylic acids is 2. The molecule has 1 amide bonds. The quantitative estimate of drug-likeness (QED) is 0.0320. The Hall–Kier alpha value is -1.92. The van der Waals surface area contributed by atoms with Gasteiger partial charge in [0.2, 0.25) is 5.91 Å². The van der Waals surface area contributed by atoms with Crippen LogP contribution in [0.2, 0.25) is 0 Å². The Morgan fingerprint density at radius 3 is 0.973 bits per heavy atom. The second-order valence-corrected chi connectivity index (χ2v) is 22.4. The van der Waals surface area contributed by atoms with Gasteiger partial charge in [0.25, 0.3) is 0 Å². The zero-order chi connectivity index (χ0) is 52.9. The van der Waals surface area contributed by atoms with Gasteiger partial charge < -0.3 is 20.3 Å². The smallest absolute Gasteiger partial charge is 0.305 e. The molecule has 430 valence electrons. The fourth-order valence-electron chi connectivity index (χ4n) is 10.1. The summed E-state index contributed by atoms with van der Waals surface area (Å²) in [5, 5.41) is 23.0. The van der Waals surface area contributed by atoms with Gasteiger partial charge in [-0.05, 0) is 83.5 Å². The zero-order valence-corrected chi connectivity index (χ0v) is 49.1. The zero-order valence-electron chi connectivity index (χ0n) is 49.1. The Kier molecular flexibility index (Phi) is 61.0. The summed E-state index contributed by atoms with van der Waals surface area (Å²) in [7, 11) is 0. The molecule has 0 aromatic carbocycles. The van der Waals surface area contributed by atoms with Gasteiger partial charge in [0.15, 0.2) is 0 Å². The molecule has 3 N–H and O–H groups in total. The number of esters is 1. The van der Waals surface area contributed by atoms with Gasteiger partial charge in [-0.25, -0.2) is 0 Å². The standard InChI is InChI=1S/C67H127NO5/c1-3-5-7-9-11-13-15-16-17-31-35-38-41-45-49-53-57-61-67(72)73-62-58-54-50-46-42-39-36-33-30-28-26-24-22-20-18-19-21-23-25-27-29-32-34-37-40-44-48-52-56-60-66(71)68-64(63-69)65(70)59-55-51-47-43-14-12-10-8-6-4-2/h16-18,20,55,59,64-65,69-70H,3-15,19,21-54,56-58,60-63H2,1-2H3,(H,68,71)/b17-16-,20-18-,59-55+. The summed E-state index contributed by atoms with van der Waals surface area (Å²) in [6.07, 6.45) is 79.3. The summed E-state index contributed by atoms with van der Waals surface area (Å²) in [5.74, 6) is -0.0555. The maximum Gasteiger partial charge on any atom is 0.305 e. The van der Waals surface area contributed by atoms with E-state index >= 15 is 0 Å². The van der Waals surface area contributed by atoms with E-state index in [1.807, 2.05) is 6.08 Å². The minimum absolute atomic E-state index is 0.0129. The van der Waals surface area contributed by atoms with E-state index < -0.39 is 12.1 Å². The van der Waals surface area contributed by atoms with Crippen LogP contribution in [0.3, 0.4) is 0 Å². The van der Waals surface area contributed by atoms with E-state index in [2.05, 4.69) is 43.5 Å². The maximum atomic E-state index is 12.4. The van der Waals surface area contributed by atoms with Crippen molar-refractivity contribution >= 4 is 11.9 Å². The second kappa shape index (κ2) is 62.6. The highest BCUT2D eigenvalue weighted by Crippen LogP contribution is 2.17. The van der Waals surface area contributed by atoms with Gasteiger partial charge in [-0.15, -0.1) is 0 Å². The largest absolute Gasteiger partial charge is 0.466 e. The summed E-state index contributed by atoms with van der Waals surface area (Å²) >= 11 is 0. The molecule has 6 nitrogen and oxygen atoms in total. The number of allylic oxidation sites excluding steroid dienone is 5. The third-order valence-corrected chi connectivity index (χ3v) is 15.1. The van der Waals surface area contributed by atoms with Gasteiger partial charge >= 0.3 is 5.97 Å². The van der Waals surface area contributed by atoms with E-state index in [1.165, 1.54) is 283 Å². The van der Waals surface area contributed by atoms with Gasteiger partial charge in [-0.1, -0.05) is 294 Å². The first-order valence-electron chi connectivity index (χ1n) is 32.8. The molecule has 6 heteroatoms. The molecular formula is C67H127NO5. The van der Waals surface area contributed by atoms with Crippen molar-refractivity contribution in [2.75, 3.05) is 13.2 Å².